The van der Waals surface area contributed by atoms with Gasteiger partial charge in [-0.2, -0.15) is 4.31 Å². The molecule has 0 saturated carbocycles. The first-order chi connectivity index (χ1) is 8.48. The fourth-order valence-corrected chi connectivity index (χ4v) is 2.76. The number of methoxy groups -OCH3 is 1. The Labute approximate surface area is 106 Å². The third-order valence-electron chi connectivity index (χ3n) is 2.24. The summed E-state index contributed by atoms with van der Waals surface area (Å²) in [6.45, 7) is -0.444. The molecule has 1 N–H and O–H groups in total. The van der Waals surface area contributed by atoms with Gasteiger partial charge in [-0.05, 0) is 12.1 Å². The number of nitrogens with zero attached hydrogens (tertiary/aromatic N) is 1. The van der Waals surface area contributed by atoms with E-state index in [1.807, 2.05) is 0 Å². The second kappa shape index (κ2) is 6.48. The van der Waals surface area contributed by atoms with Crippen molar-refractivity contribution in [3.63, 3.8) is 0 Å². The van der Waals surface area contributed by atoms with Crippen LogP contribution in [0.1, 0.15) is 0 Å². The van der Waals surface area contributed by atoms with Gasteiger partial charge in [-0.3, -0.25) is 4.79 Å². The summed E-state index contributed by atoms with van der Waals surface area (Å²) in [6.07, 6.45) is 0. The molecule has 0 aromatic heterocycles. The summed E-state index contributed by atoms with van der Waals surface area (Å²) in [6, 6.07) is 7.72. The standard InChI is InChI=1S/C11H15NO5S/c1-17-8-7-12(9-11(13)14)18(15,16)10-5-3-2-4-6-10/h2-6H,7-9H2,1H3,(H,13,14). The fraction of sp³-hybridized carbons (Fsp3) is 0.364. The van der Waals surface area contributed by atoms with Crippen LogP contribution in [0, 0.1) is 0 Å². The molecule has 7 heteroatoms. The second-order valence-electron chi connectivity index (χ2n) is 3.54. The van der Waals surface area contributed by atoms with Crippen molar-refractivity contribution in [1.29, 1.82) is 0 Å². The highest BCUT2D eigenvalue weighted by Crippen LogP contribution is 2.14. The maximum atomic E-state index is 12.2. The van der Waals surface area contributed by atoms with Crippen molar-refractivity contribution in [2.75, 3.05) is 26.8 Å². The molecule has 0 aliphatic rings. The van der Waals surface area contributed by atoms with Crippen LogP contribution in [0.5, 0.6) is 0 Å². The van der Waals surface area contributed by atoms with Gasteiger partial charge < -0.3 is 9.84 Å². The third-order valence-corrected chi connectivity index (χ3v) is 4.10. The Bertz CT molecular complexity index is 485. The van der Waals surface area contributed by atoms with Crippen LogP contribution in [0.2, 0.25) is 0 Å². The number of carboxylic acids is 1. The Hall–Kier alpha value is -1.44. The summed E-state index contributed by atoms with van der Waals surface area (Å²) in [4.78, 5) is 10.8. The van der Waals surface area contributed by atoms with Crippen molar-refractivity contribution in [3.05, 3.63) is 30.3 Å². The summed E-state index contributed by atoms with van der Waals surface area (Å²) in [7, 11) is -2.37. The maximum absolute atomic E-state index is 12.2. The van der Waals surface area contributed by atoms with Gasteiger partial charge in [0.05, 0.1) is 11.5 Å². The van der Waals surface area contributed by atoms with Crippen LogP contribution in [0.25, 0.3) is 0 Å². The van der Waals surface area contributed by atoms with E-state index in [1.54, 1.807) is 18.2 Å². The Kier molecular flexibility index (Phi) is 5.26. The van der Waals surface area contributed by atoms with Crippen molar-refractivity contribution in [2.24, 2.45) is 0 Å². The largest absolute Gasteiger partial charge is 0.480 e. The van der Waals surface area contributed by atoms with Crippen LogP contribution < -0.4 is 0 Å². The lowest BCUT2D eigenvalue weighted by Gasteiger charge is -2.19. The van der Waals surface area contributed by atoms with Gasteiger partial charge in [0.2, 0.25) is 10.0 Å². The molecule has 1 aromatic rings. The van der Waals surface area contributed by atoms with Crippen LogP contribution in [-0.2, 0) is 19.6 Å². The molecule has 0 amide bonds. The average Bonchev–Trinajstić information content (AvgIpc) is 2.35. The van der Waals surface area contributed by atoms with Gasteiger partial charge in [0.1, 0.15) is 6.54 Å². The number of hydrogen-bond donors (Lipinski definition) is 1. The van der Waals surface area contributed by atoms with Gasteiger partial charge in [0, 0.05) is 13.7 Å². The maximum Gasteiger partial charge on any atom is 0.318 e. The number of carboxylic acid groups (broad SMARTS) is 1. The number of hydrogen-bond acceptors (Lipinski definition) is 4. The molecule has 0 aliphatic heterocycles. The van der Waals surface area contributed by atoms with Crippen molar-refractivity contribution >= 4 is 16.0 Å². The highest BCUT2D eigenvalue weighted by Gasteiger charge is 2.25. The van der Waals surface area contributed by atoms with E-state index < -0.39 is 22.5 Å². The molecule has 6 nitrogen and oxygen atoms in total. The minimum absolute atomic E-state index is 0.0000274. The van der Waals surface area contributed by atoms with Gasteiger partial charge in [0.15, 0.2) is 0 Å². The summed E-state index contributed by atoms with van der Waals surface area (Å²) in [5.74, 6) is -1.20. The SMILES string of the molecule is COCCN(CC(=O)O)S(=O)(=O)c1ccccc1. The zero-order valence-corrected chi connectivity index (χ0v) is 10.8. The Balaban J connectivity index is 2.99. The molecule has 1 rings (SSSR count). The van der Waals surface area contributed by atoms with Crippen LogP contribution in [-0.4, -0.2) is 50.6 Å². The lowest BCUT2D eigenvalue weighted by molar-refractivity contribution is -0.137. The Morgan fingerprint density at radius 2 is 1.94 bits per heavy atom. The highest BCUT2D eigenvalue weighted by atomic mass is 32.2. The van der Waals surface area contributed by atoms with Gasteiger partial charge in [-0.1, -0.05) is 18.2 Å². The molecule has 0 aliphatic carbocycles. The van der Waals surface area contributed by atoms with E-state index >= 15 is 0 Å². The van der Waals surface area contributed by atoms with Gasteiger partial charge in [0.25, 0.3) is 0 Å². The average molecular weight is 273 g/mol. The summed E-state index contributed by atoms with van der Waals surface area (Å²) in [5.41, 5.74) is 0. The van der Waals surface area contributed by atoms with Gasteiger partial charge >= 0.3 is 5.97 Å². The van der Waals surface area contributed by atoms with E-state index in [1.165, 1.54) is 19.2 Å². The topological polar surface area (TPSA) is 83.9 Å². The van der Waals surface area contributed by atoms with E-state index in [0.29, 0.717) is 0 Å². The highest BCUT2D eigenvalue weighted by molar-refractivity contribution is 7.89. The van der Waals surface area contributed by atoms with Crippen LogP contribution >= 0.6 is 0 Å². The zero-order valence-electron chi connectivity index (χ0n) is 9.94. The monoisotopic (exact) mass is 273 g/mol. The molecular formula is C11H15NO5S. The summed E-state index contributed by atoms with van der Waals surface area (Å²) >= 11 is 0. The van der Waals surface area contributed by atoms with E-state index in [9.17, 15) is 13.2 Å². The molecular weight excluding hydrogens is 258 g/mol. The Morgan fingerprint density at radius 3 is 2.44 bits per heavy atom. The van der Waals surface area contributed by atoms with Crippen molar-refractivity contribution in [2.45, 2.75) is 4.90 Å². The zero-order chi connectivity index (χ0) is 13.6. The molecule has 18 heavy (non-hydrogen) atoms. The molecule has 0 radical (unpaired) electrons. The molecule has 1 aromatic carbocycles. The van der Waals surface area contributed by atoms with E-state index in [-0.39, 0.29) is 18.0 Å². The molecule has 0 bridgehead atoms. The first kappa shape index (κ1) is 14.6. The van der Waals surface area contributed by atoms with Crippen LogP contribution in [0.4, 0.5) is 0 Å². The predicted octanol–water partition coefficient (Wildman–Crippen LogP) is 0.408. The van der Waals surface area contributed by atoms with Gasteiger partial charge in [-0.25, -0.2) is 8.42 Å². The summed E-state index contributed by atoms with van der Waals surface area (Å²) < 4.78 is 30.0. The second-order valence-corrected chi connectivity index (χ2v) is 5.48. The number of ether oxygens (including phenoxy) is 1. The van der Waals surface area contributed by atoms with Crippen LogP contribution in [0.3, 0.4) is 0 Å². The molecule has 0 fully saturated rings. The molecule has 100 valence electrons. The third kappa shape index (κ3) is 3.80. The molecule has 0 saturated heterocycles. The van der Waals surface area contributed by atoms with E-state index in [2.05, 4.69) is 0 Å². The van der Waals surface area contributed by atoms with Crippen molar-refractivity contribution in [1.82, 2.24) is 4.31 Å². The Morgan fingerprint density at radius 1 is 1.33 bits per heavy atom. The number of benzene rings is 1. The van der Waals surface area contributed by atoms with Crippen molar-refractivity contribution in [3.8, 4) is 0 Å². The predicted molar refractivity (Wildman–Crippen MR) is 64.7 cm³/mol. The first-order valence-electron chi connectivity index (χ1n) is 5.24. The lowest BCUT2D eigenvalue weighted by atomic mass is 10.4. The molecule has 0 atom stereocenters. The van der Waals surface area contributed by atoms with E-state index in [0.717, 1.165) is 4.31 Å². The van der Waals surface area contributed by atoms with Crippen LogP contribution in [0.15, 0.2) is 35.2 Å². The molecule has 0 unspecified atom stereocenters. The quantitative estimate of drug-likeness (QED) is 0.777. The first-order valence-corrected chi connectivity index (χ1v) is 6.68. The van der Waals surface area contributed by atoms with E-state index in [4.69, 9.17) is 9.84 Å². The lowest BCUT2D eigenvalue weighted by Crippen LogP contribution is -2.37. The molecule has 0 spiro atoms. The minimum Gasteiger partial charge on any atom is -0.480 e. The number of sulfonamides is 1. The number of rotatable bonds is 7. The van der Waals surface area contributed by atoms with Gasteiger partial charge in [-0.15, -0.1) is 0 Å². The minimum atomic E-state index is -3.80. The number of aliphatic carboxylic acids is 1. The smallest absolute Gasteiger partial charge is 0.318 e. The van der Waals surface area contributed by atoms with Crippen molar-refractivity contribution < 1.29 is 23.1 Å². The number of carbonyl (C=O) groups is 1. The summed E-state index contributed by atoms with van der Waals surface area (Å²) in [5, 5.41) is 8.75. The normalized spacial score (nSPS) is 11.7. The molecule has 0 heterocycles. The fourth-order valence-electron chi connectivity index (χ4n) is 1.37.